The molecule has 0 spiro atoms. The third kappa shape index (κ3) is 4.51. The van der Waals surface area contributed by atoms with Crippen molar-refractivity contribution in [3.8, 4) is 40.3 Å². The first kappa shape index (κ1) is 30.7. The molecule has 0 atom stereocenters. The lowest BCUT2D eigenvalue weighted by Gasteiger charge is -2.13. The van der Waals surface area contributed by atoms with Crippen LogP contribution in [0.3, 0.4) is 0 Å². The summed E-state index contributed by atoms with van der Waals surface area (Å²) in [5.74, 6) is 0. The molecule has 55 heavy (non-hydrogen) atoms. The minimum atomic E-state index is 0.605. The van der Waals surface area contributed by atoms with Crippen molar-refractivity contribution >= 4 is 65.4 Å². The van der Waals surface area contributed by atoms with Gasteiger partial charge in [-0.15, -0.1) is 0 Å². The van der Waals surface area contributed by atoms with E-state index in [1.807, 2.05) is 30.3 Å². The Morgan fingerprint density at radius 3 is 1.40 bits per heavy atom. The van der Waals surface area contributed by atoms with Crippen LogP contribution >= 0.6 is 0 Å². The second-order valence-corrected chi connectivity index (χ2v) is 14.0. The fourth-order valence-corrected chi connectivity index (χ4v) is 8.71. The molecule has 0 aliphatic rings. The predicted octanol–water partition coefficient (Wildman–Crippen LogP) is 12.4. The van der Waals surface area contributed by atoms with E-state index in [0.717, 1.165) is 82.8 Å². The maximum Gasteiger partial charge on any atom is 0.101 e. The minimum Gasteiger partial charge on any atom is -0.309 e. The van der Waals surface area contributed by atoms with Crippen LogP contribution in [-0.4, -0.2) is 13.7 Å². The highest BCUT2D eigenvalue weighted by Crippen LogP contribution is 2.39. The number of nitrogens with zero attached hydrogens (tertiary/aromatic N) is 5. The maximum absolute atomic E-state index is 10.5. The number of fused-ring (bicyclic) bond motifs is 9. The Kier molecular flexibility index (Phi) is 6.61. The van der Waals surface area contributed by atoms with E-state index in [0.29, 0.717) is 11.1 Å². The van der Waals surface area contributed by atoms with Crippen molar-refractivity contribution in [1.29, 1.82) is 10.5 Å². The number of hydrogen-bond donors (Lipinski definition) is 0. The molecule has 0 aliphatic carbocycles. The quantitative estimate of drug-likeness (QED) is 0.184. The van der Waals surface area contributed by atoms with Crippen LogP contribution in [0.5, 0.6) is 0 Å². The van der Waals surface area contributed by atoms with Crippen molar-refractivity contribution in [2.24, 2.45) is 0 Å². The number of benzene rings is 8. The fourth-order valence-electron chi connectivity index (χ4n) is 8.71. The molecule has 0 N–H and O–H groups in total. The molecule has 3 heterocycles. The largest absolute Gasteiger partial charge is 0.309 e. The van der Waals surface area contributed by atoms with Crippen molar-refractivity contribution in [2.45, 2.75) is 0 Å². The van der Waals surface area contributed by atoms with Gasteiger partial charge in [0.25, 0.3) is 0 Å². The van der Waals surface area contributed by atoms with Gasteiger partial charge in [-0.3, -0.25) is 0 Å². The van der Waals surface area contributed by atoms with Gasteiger partial charge in [-0.25, -0.2) is 0 Å². The molecule has 0 aliphatic heterocycles. The smallest absolute Gasteiger partial charge is 0.101 e. The van der Waals surface area contributed by atoms with Crippen LogP contribution in [-0.2, 0) is 0 Å². The van der Waals surface area contributed by atoms with Gasteiger partial charge < -0.3 is 13.7 Å². The van der Waals surface area contributed by atoms with Crippen LogP contribution in [0, 0.1) is 22.7 Å². The lowest BCUT2D eigenvalue weighted by Crippen LogP contribution is -1.98. The molecule has 0 bridgehead atoms. The molecule has 0 unspecified atom stereocenters. The van der Waals surface area contributed by atoms with Crippen molar-refractivity contribution < 1.29 is 0 Å². The first-order valence-electron chi connectivity index (χ1n) is 18.3. The van der Waals surface area contributed by atoms with Gasteiger partial charge in [0.2, 0.25) is 0 Å². The number of nitriles is 2. The van der Waals surface area contributed by atoms with Gasteiger partial charge in [0.15, 0.2) is 0 Å². The molecule has 3 aromatic heterocycles. The average molecular weight is 700 g/mol. The van der Waals surface area contributed by atoms with Crippen molar-refractivity contribution in [3.05, 3.63) is 187 Å². The molecule has 254 valence electrons. The van der Waals surface area contributed by atoms with E-state index < -0.39 is 0 Å². The SMILES string of the molecule is N#Cc1ccc2c(c1)c1cc(-n3c4ccccc4c4ccccc43)ccc1n2-c1cccc(-c2ccc(-n3c4ccccc4c4ccccc43)c(C#N)c2)c1. The van der Waals surface area contributed by atoms with Gasteiger partial charge in [0.05, 0.1) is 56.0 Å². The van der Waals surface area contributed by atoms with Crippen molar-refractivity contribution in [2.75, 3.05) is 0 Å². The molecule has 5 nitrogen and oxygen atoms in total. The van der Waals surface area contributed by atoms with E-state index in [9.17, 15) is 10.5 Å². The Hall–Kier alpha value is -7.86. The van der Waals surface area contributed by atoms with Gasteiger partial charge in [0.1, 0.15) is 6.07 Å². The third-order valence-corrected chi connectivity index (χ3v) is 11.1. The molecular weight excluding hydrogens is 671 g/mol. The zero-order chi connectivity index (χ0) is 36.6. The summed E-state index contributed by atoms with van der Waals surface area (Å²) in [6, 6.07) is 65.9. The fraction of sp³-hybridized carbons (Fsp3) is 0. The summed E-state index contributed by atoms with van der Waals surface area (Å²) in [6.45, 7) is 0. The molecule has 11 aromatic rings. The molecule has 5 heteroatoms. The molecule has 0 amide bonds. The van der Waals surface area contributed by atoms with Crippen LogP contribution in [0.2, 0.25) is 0 Å². The first-order valence-corrected chi connectivity index (χ1v) is 18.3. The van der Waals surface area contributed by atoms with Crippen LogP contribution in [0.15, 0.2) is 176 Å². The van der Waals surface area contributed by atoms with E-state index >= 15 is 0 Å². The monoisotopic (exact) mass is 699 g/mol. The average Bonchev–Trinajstić information content (AvgIpc) is 3.88. The summed E-state index contributed by atoms with van der Waals surface area (Å²) < 4.78 is 6.81. The molecule has 8 aromatic carbocycles. The van der Waals surface area contributed by atoms with Gasteiger partial charge in [-0.05, 0) is 96.1 Å². The maximum atomic E-state index is 10.5. The third-order valence-electron chi connectivity index (χ3n) is 11.1. The van der Waals surface area contributed by atoms with Gasteiger partial charge >= 0.3 is 0 Å². The number of aromatic nitrogens is 3. The van der Waals surface area contributed by atoms with E-state index in [4.69, 9.17) is 0 Å². The second kappa shape index (κ2) is 11.8. The van der Waals surface area contributed by atoms with Crippen molar-refractivity contribution in [1.82, 2.24) is 13.7 Å². The molecule has 0 saturated carbocycles. The second-order valence-electron chi connectivity index (χ2n) is 14.0. The molecule has 0 fully saturated rings. The van der Waals surface area contributed by atoms with Crippen LogP contribution in [0.25, 0.3) is 93.6 Å². The molecule has 11 rings (SSSR count). The van der Waals surface area contributed by atoms with Crippen LogP contribution < -0.4 is 0 Å². The Morgan fingerprint density at radius 1 is 0.327 bits per heavy atom. The summed E-state index contributed by atoms with van der Waals surface area (Å²) in [5, 5.41) is 27.3. The van der Waals surface area contributed by atoms with Crippen molar-refractivity contribution in [3.63, 3.8) is 0 Å². The number of hydrogen-bond acceptors (Lipinski definition) is 2. The summed E-state index contributed by atoms with van der Waals surface area (Å²) in [6.07, 6.45) is 0. The number of rotatable bonds is 4. The molecule has 0 saturated heterocycles. The highest BCUT2D eigenvalue weighted by Gasteiger charge is 2.19. The van der Waals surface area contributed by atoms with E-state index in [-0.39, 0.29) is 0 Å². The first-order chi connectivity index (χ1) is 27.2. The number of para-hydroxylation sites is 4. The van der Waals surface area contributed by atoms with Crippen LogP contribution in [0.4, 0.5) is 0 Å². The van der Waals surface area contributed by atoms with Gasteiger partial charge in [0, 0.05) is 43.7 Å². The standard InChI is InChI=1S/C50H29N5/c51-30-32-20-23-49-42(26-32)43-29-37(54-45-16-5-1-12-38(45)39-13-2-6-17-46(39)54)22-25-50(43)53(49)36-11-9-10-33(28-36)34-21-24-44(35(27-34)31-52)55-47-18-7-3-14-40(47)41-15-4-8-19-48(41)55/h1-29H. The summed E-state index contributed by atoms with van der Waals surface area (Å²) in [4.78, 5) is 0. The Balaban J connectivity index is 1.08. The summed E-state index contributed by atoms with van der Waals surface area (Å²) in [7, 11) is 0. The van der Waals surface area contributed by atoms with E-state index in [2.05, 4.69) is 171 Å². The van der Waals surface area contributed by atoms with Gasteiger partial charge in [-0.2, -0.15) is 10.5 Å². The van der Waals surface area contributed by atoms with E-state index in [1.54, 1.807) is 0 Å². The lowest BCUT2D eigenvalue weighted by atomic mass is 10.0. The predicted molar refractivity (Wildman–Crippen MR) is 224 cm³/mol. The van der Waals surface area contributed by atoms with Crippen LogP contribution in [0.1, 0.15) is 11.1 Å². The normalized spacial score (nSPS) is 11.6. The Labute approximate surface area is 316 Å². The zero-order valence-electron chi connectivity index (χ0n) is 29.5. The Bertz CT molecular complexity index is 3360. The highest BCUT2D eigenvalue weighted by molar-refractivity contribution is 6.13. The Morgan fingerprint density at radius 2 is 0.818 bits per heavy atom. The summed E-state index contributed by atoms with van der Waals surface area (Å²) >= 11 is 0. The topological polar surface area (TPSA) is 62.4 Å². The molecular formula is C50H29N5. The van der Waals surface area contributed by atoms with E-state index in [1.165, 1.54) is 10.8 Å². The zero-order valence-corrected chi connectivity index (χ0v) is 29.5. The minimum absolute atomic E-state index is 0.605. The van der Waals surface area contributed by atoms with Gasteiger partial charge in [-0.1, -0.05) is 91.0 Å². The molecule has 0 radical (unpaired) electrons. The summed E-state index contributed by atoms with van der Waals surface area (Å²) in [5.41, 5.74) is 12.6. The lowest BCUT2D eigenvalue weighted by molar-refractivity contribution is 1.16. The highest BCUT2D eigenvalue weighted by atomic mass is 15.0.